The van der Waals surface area contributed by atoms with Gasteiger partial charge in [-0.05, 0) is 12.5 Å². The van der Waals surface area contributed by atoms with Gasteiger partial charge in [-0.2, -0.15) is 43.9 Å². The van der Waals surface area contributed by atoms with Crippen LogP contribution in [0.5, 0.6) is 0 Å². The third kappa shape index (κ3) is 2.34. The zero-order valence-corrected chi connectivity index (χ0v) is 13.2. The Balaban J connectivity index is 2.72. The van der Waals surface area contributed by atoms with E-state index in [1.807, 2.05) is 0 Å². The van der Waals surface area contributed by atoms with E-state index in [4.69, 9.17) is 0 Å². The maximum Gasteiger partial charge on any atom is 0.384 e. The maximum atomic E-state index is 14.7. The molecule has 0 aliphatic heterocycles. The van der Waals surface area contributed by atoms with E-state index in [1.54, 1.807) is 0 Å². The van der Waals surface area contributed by atoms with Crippen LogP contribution in [-0.4, -0.2) is 40.4 Å². The monoisotopic (exact) mass is 416 g/mol. The molecule has 0 aromatic heterocycles. The van der Waals surface area contributed by atoms with Crippen molar-refractivity contribution in [1.29, 1.82) is 0 Å². The van der Waals surface area contributed by atoms with Crippen LogP contribution in [0.4, 0.5) is 48.3 Å². The fourth-order valence-electron chi connectivity index (χ4n) is 2.88. The highest BCUT2D eigenvalue weighted by Gasteiger charge is 3.01. The van der Waals surface area contributed by atoms with Crippen LogP contribution in [0.1, 0.15) is 18.9 Å². The van der Waals surface area contributed by atoms with Crippen molar-refractivity contribution in [3.63, 3.8) is 0 Å². The minimum absolute atomic E-state index is 0.416. The summed E-state index contributed by atoms with van der Waals surface area (Å²) >= 11 is 0. The zero-order valence-electron chi connectivity index (χ0n) is 13.2. The molecule has 1 fully saturated rings. The predicted molar refractivity (Wildman–Crippen MR) is 69.2 cm³/mol. The van der Waals surface area contributed by atoms with E-state index in [2.05, 4.69) is 0 Å². The molecular weight excluding hydrogens is 405 g/mol. The molecule has 2 rings (SSSR count). The molecule has 0 saturated heterocycles. The van der Waals surface area contributed by atoms with Crippen LogP contribution in [0.15, 0.2) is 30.3 Å². The van der Waals surface area contributed by atoms with Gasteiger partial charge < -0.3 is 5.11 Å². The lowest BCUT2D eigenvalue weighted by Gasteiger charge is -2.53. The number of hydrogen-bond donors (Lipinski definition) is 1. The van der Waals surface area contributed by atoms with Gasteiger partial charge in [0, 0.05) is 6.42 Å². The highest BCUT2D eigenvalue weighted by Crippen LogP contribution is 2.70. The minimum atomic E-state index is -7.26. The first kappa shape index (κ1) is 21.7. The van der Waals surface area contributed by atoms with E-state index in [9.17, 15) is 53.4 Å². The molecule has 1 unspecified atom stereocenters. The lowest BCUT2D eigenvalue weighted by atomic mass is 9.67. The van der Waals surface area contributed by atoms with E-state index in [0.29, 0.717) is 6.92 Å². The normalized spacial score (nSPS) is 28.9. The standard InChI is InChI=1S/C15H11F11O/c1-9(27,8-5-3-2-4-6-8)7-10(16)11(17,18)13(21,22)15(25,26)14(23,24)12(10,19)20/h2-6,27H,7H2,1H3. The van der Waals surface area contributed by atoms with Crippen LogP contribution in [0.2, 0.25) is 0 Å². The second-order valence-electron chi connectivity index (χ2n) is 6.49. The van der Waals surface area contributed by atoms with Gasteiger partial charge in [-0.15, -0.1) is 0 Å². The van der Waals surface area contributed by atoms with E-state index >= 15 is 0 Å². The molecule has 154 valence electrons. The average Bonchev–Trinajstić information content (AvgIpc) is 2.53. The van der Waals surface area contributed by atoms with Crippen molar-refractivity contribution in [2.24, 2.45) is 0 Å². The van der Waals surface area contributed by atoms with Gasteiger partial charge in [0.2, 0.25) is 0 Å². The molecule has 1 aromatic rings. The average molecular weight is 416 g/mol. The Morgan fingerprint density at radius 1 is 0.667 bits per heavy atom. The van der Waals surface area contributed by atoms with Crippen molar-refractivity contribution in [2.45, 2.75) is 54.2 Å². The van der Waals surface area contributed by atoms with Gasteiger partial charge in [-0.25, -0.2) is 4.39 Å². The maximum absolute atomic E-state index is 14.7. The largest absolute Gasteiger partial charge is 0.385 e. The smallest absolute Gasteiger partial charge is 0.384 e. The van der Waals surface area contributed by atoms with Gasteiger partial charge in [-0.3, -0.25) is 0 Å². The SMILES string of the molecule is CC(O)(CC1(F)C(F)(F)C(F)(F)C(F)(F)C(F)(F)C1(F)F)c1ccccc1. The summed E-state index contributed by atoms with van der Waals surface area (Å²) in [6.45, 7) is 0.416. The van der Waals surface area contributed by atoms with Gasteiger partial charge in [0.1, 0.15) is 0 Å². The second-order valence-corrected chi connectivity index (χ2v) is 6.49. The first-order valence-electron chi connectivity index (χ1n) is 7.17. The highest BCUT2D eigenvalue weighted by atomic mass is 19.4. The third-order valence-corrected chi connectivity index (χ3v) is 4.56. The van der Waals surface area contributed by atoms with Crippen LogP contribution < -0.4 is 0 Å². The van der Waals surface area contributed by atoms with Crippen LogP contribution >= 0.6 is 0 Å². The summed E-state index contributed by atoms with van der Waals surface area (Å²) in [6, 6.07) is 5.28. The number of hydrogen-bond acceptors (Lipinski definition) is 1. The predicted octanol–water partition coefficient (Wildman–Crippen LogP) is 5.18. The Morgan fingerprint density at radius 3 is 1.37 bits per heavy atom. The molecule has 1 aliphatic rings. The van der Waals surface area contributed by atoms with Crippen LogP contribution in [0.25, 0.3) is 0 Å². The molecule has 0 radical (unpaired) electrons. The number of aliphatic hydroxyl groups is 1. The fraction of sp³-hybridized carbons (Fsp3) is 0.600. The first-order valence-corrected chi connectivity index (χ1v) is 7.17. The number of halogens is 11. The number of benzene rings is 1. The van der Waals surface area contributed by atoms with Crippen LogP contribution in [0.3, 0.4) is 0 Å². The van der Waals surface area contributed by atoms with E-state index < -0.39 is 52.9 Å². The molecule has 0 amide bonds. The van der Waals surface area contributed by atoms with Gasteiger partial charge in [0.05, 0.1) is 5.60 Å². The fourth-order valence-corrected chi connectivity index (χ4v) is 2.88. The second kappa shape index (κ2) is 5.48. The molecule has 0 heterocycles. The van der Waals surface area contributed by atoms with Gasteiger partial charge >= 0.3 is 29.6 Å². The molecule has 1 nitrogen and oxygen atoms in total. The molecule has 1 atom stereocenters. The van der Waals surface area contributed by atoms with Crippen LogP contribution in [-0.2, 0) is 5.60 Å². The number of rotatable bonds is 3. The molecule has 1 saturated carbocycles. The summed E-state index contributed by atoms with van der Waals surface area (Å²) in [5.41, 5.74) is -9.90. The minimum Gasteiger partial charge on any atom is -0.385 e. The molecule has 1 aromatic carbocycles. The zero-order chi connectivity index (χ0) is 21.3. The first-order chi connectivity index (χ1) is 11.8. The lowest BCUT2D eigenvalue weighted by Crippen LogP contribution is -2.84. The molecule has 0 spiro atoms. The Hall–Kier alpha value is -1.59. The summed E-state index contributed by atoms with van der Waals surface area (Å²) in [4.78, 5) is 0. The third-order valence-electron chi connectivity index (χ3n) is 4.56. The molecule has 1 N–H and O–H groups in total. The van der Waals surface area contributed by atoms with Crippen molar-refractivity contribution in [1.82, 2.24) is 0 Å². The quantitative estimate of drug-likeness (QED) is 0.674. The van der Waals surface area contributed by atoms with Gasteiger partial charge in [-0.1, -0.05) is 30.3 Å². The van der Waals surface area contributed by atoms with Crippen molar-refractivity contribution in [2.75, 3.05) is 0 Å². The Labute approximate surface area is 144 Å². The summed E-state index contributed by atoms with van der Waals surface area (Å²) in [7, 11) is 0. The topological polar surface area (TPSA) is 20.2 Å². The number of alkyl halides is 11. The molecule has 0 bridgehead atoms. The van der Waals surface area contributed by atoms with Gasteiger partial charge in [0.15, 0.2) is 0 Å². The van der Waals surface area contributed by atoms with Crippen molar-refractivity contribution >= 4 is 0 Å². The van der Waals surface area contributed by atoms with E-state index in [1.165, 1.54) is 6.07 Å². The van der Waals surface area contributed by atoms with Crippen molar-refractivity contribution < 1.29 is 53.4 Å². The lowest BCUT2D eigenvalue weighted by molar-refractivity contribution is -0.488. The Morgan fingerprint density at radius 2 is 1.00 bits per heavy atom. The summed E-state index contributed by atoms with van der Waals surface area (Å²) in [5, 5.41) is 10.1. The van der Waals surface area contributed by atoms with E-state index in [-0.39, 0.29) is 0 Å². The highest BCUT2D eigenvalue weighted by molar-refractivity contribution is 5.30. The molecule has 12 heteroatoms. The van der Waals surface area contributed by atoms with Crippen molar-refractivity contribution in [3.05, 3.63) is 35.9 Å². The molecule has 1 aliphatic carbocycles. The summed E-state index contributed by atoms with van der Waals surface area (Å²) < 4.78 is 150. The summed E-state index contributed by atoms with van der Waals surface area (Å²) in [6.07, 6.45) is -2.72. The van der Waals surface area contributed by atoms with Crippen LogP contribution in [0, 0.1) is 0 Å². The Kier molecular flexibility index (Phi) is 4.41. The molecular formula is C15H11F11O. The molecule has 27 heavy (non-hydrogen) atoms. The Bertz CT molecular complexity index is 682. The summed E-state index contributed by atoms with van der Waals surface area (Å²) in [5.74, 6) is -35.5. The van der Waals surface area contributed by atoms with Gasteiger partial charge in [0.25, 0.3) is 5.67 Å². The van der Waals surface area contributed by atoms with Crippen molar-refractivity contribution in [3.8, 4) is 0 Å². The van der Waals surface area contributed by atoms with E-state index in [0.717, 1.165) is 24.3 Å².